The molecule has 6 nitrogen and oxygen atoms in total. The normalized spacial score (nSPS) is 15.4. The molecule has 1 saturated heterocycles. The van der Waals surface area contributed by atoms with Crippen LogP contribution in [0.4, 0.5) is 19.0 Å². The van der Waals surface area contributed by atoms with Gasteiger partial charge in [-0.1, -0.05) is 12.1 Å². The Morgan fingerprint density at radius 3 is 2.14 bits per heavy atom. The fourth-order valence-corrected chi connectivity index (χ4v) is 3.91. The van der Waals surface area contributed by atoms with Crippen LogP contribution in [0.25, 0.3) is 0 Å². The Morgan fingerprint density at radius 1 is 1.03 bits per heavy atom. The van der Waals surface area contributed by atoms with Crippen molar-refractivity contribution in [2.75, 3.05) is 37.3 Å². The number of anilines is 1. The summed E-state index contributed by atoms with van der Waals surface area (Å²) >= 11 is 0. The van der Waals surface area contributed by atoms with Gasteiger partial charge in [0.2, 0.25) is 0 Å². The van der Waals surface area contributed by atoms with E-state index in [1.807, 2.05) is 4.90 Å². The minimum Gasteiger partial charge on any atom is -0.353 e. The van der Waals surface area contributed by atoms with Gasteiger partial charge in [-0.25, -0.2) is 13.4 Å². The third-order valence-corrected chi connectivity index (χ3v) is 5.45. The van der Waals surface area contributed by atoms with E-state index in [0.717, 1.165) is 18.5 Å². The van der Waals surface area contributed by atoms with Crippen molar-refractivity contribution in [3.63, 3.8) is 0 Å². The molecule has 0 saturated carbocycles. The number of hydrogen-bond donors (Lipinski definition) is 0. The van der Waals surface area contributed by atoms with Gasteiger partial charge in [-0.2, -0.15) is 13.2 Å². The third kappa shape index (κ3) is 5.47. The molecule has 0 N–H and O–H groups in total. The van der Waals surface area contributed by atoms with Crippen LogP contribution in [0.15, 0.2) is 42.6 Å². The summed E-state index contributed by atoms with van der Waals surface area (Å²) in [5, 5.41) is 0. The van der Waals surface area contributed by atoms with Crippen LogP contribution in [0.1, 0.15) is 21.5 Å². The van der Waals surface area contributed by atoms with Crippen molar-refractivity contribution in [2.24, 2.45) is 0 Å². The first-order valence-corrected chi connectivity index (χ1v) is 10.9. The minimum absolute atomic E-state index is 0.0831. The van der Waals surface area contributed by atoms with Crippen molar-refractivity contribution in [1.82, 2.24) is 9.88 Å². The standard InChI is InChI=1S/C19H20F3N3O3S/c1-29(27,28)13-14-2-4-15(5-3-14)18(26)25-10-8-24(9-11-25)17-7-6-16(12-23-17)19(20,21)22/h2-7,12H,8-11,13H2,1H3. The van der Waals surface area contributed by atoms with Gasteiger partial charge >= 0.3 is 6.18 Å². The Hall–Kier alpha value is -2.62. The highest BCUT2D eigenvalue weighted by Gasteiger charge is 2.31. The molecule has 156 valence electrons. The average molecular weight is 427 g/mol. The van der Waals surface area contributed by atoms with E-state index in [4.69, 9.17) is 0 Å². The summed E-state index contributed by atoms with van der Waals surface area (Å²) in [5.74, 6) is 0.187. The zero-order valence-electron chi connectivity index (χ0n) is 15.7. The van der Waals surface area contributed by atoms with E-state index >= 15 is 0 Å². The predicted molar refractivity (Wildman–Crippen MR) is 102 cm³/mol. The number of carbonyl (C=O) groups excluding carboxylic acids is 1. The highest BCUT2D eigenvalue weighted by atomic mass is 32.2. The van der Waals surface area contributed by atoms with Crippen LogP contribution in [0.3, 0.4) is 0 Å². The number of hydrogen-bond acceptors (Lipinski definition) is 5. The fraction of sp³-hybridized carbons (Fsp3) is 0.368. The van der Waals surface area contributed by atoms with Gasteiger partial charge in [0.05, 0.1) is 11.3 Å². The summed E-state index contributed by atoms with van der Waals surface area (Å²) in [6.45, 7) is 1.73. The van der Waals surface area contributed by atoms with E-state index in [1.165, 1.54) is 6.07 Å². The van der Waals surface area contributed by atoms with E-state index in [2.05, 4.69) is 4.98 Å². The Kier molecular flexibility index (Phi) is 5.83. The summed E-state index contributed by atoms with van der Waals surface area (Å²) < 4.78 is 60.6. The lowest BCUT2D eigenvalue weighted by Gasteiger charge is -2.35. The van der Waals surface area contributed by atoms with Gasteiger partial charge in [0, 0.05) is 44.2 Å². The lowest BCUT2D eigenvalue weighted by Crippen LogP contribution is -2.49. The number of halogens is 3. The Labute approximate surface area is 166 Å². The highest BCUT2D eigenvalue weighted by molar-refractivity contribution is 7.89. The van der Waals surface area contributed by atoms with Crippen molar-refractivity contribution in [1.29, 1.82) is 0 Å². The van der Waals surface area contributed by atoms with Gasteiger partial charge in [0.15, 0.2) is 9.84 Å². The largest absolute Gasteiger partial charge is 0.417 e. The van der Waals surface area contributed by atoms with Crippen LogP contribution in [0.5, 0.6) is 0 Å². The van der Waals surface area contributed by atoms with Crippen molar-refractivity contribution >= 4 is 21.6 Å². The number of amides is 1. The number of pyridine rings is 1. The zero-order valence-corrected chi connectivity index (χ0v) is 16.5. The van der Waals surface area contributed by atoms with Crippen molar-refractivity contribution < 1.29 is 26.4 Å². The van der Waals surface area contributed by atoms with Gasteiger partial charge in [-0.05, 0) is 29.8 Å². The maximum absolute atomic E-state index is 12.6. The van der Waals surface area contributed by atoms with E-state index in [9.17, 15) is 26.4 Å². The van der Waals surface area contributed by atoms with Gasteiger partial charge in [0.25, 0.3) is 5.91 Å². The first-order valence-electron chi connectivity index (χ1n) is 8.87. The second-order valence-corrected chi connectivity index (χ2v) is 9.09. The maximum Gasteiger partial charge on any atom is 0.417 e. The number of benzene rings is 1. The summed E-state index contributed by atoms with van der Waals surface area (Å²) in [4.78, 5) is 20.0. The Balaban J connectivity index is 1.59. The number of nitrogens with zero attached hydrogens (tertiary/aromatic N) is 3. The number of carbonyl (C=O) groups is 1. The Bertz CT molecular complexity index is 966. The Morgan fingerprint density at radius 2 is 1.66 bits per heavy atom. The second kappa shape index (κ2) is 8.02. The predicted octanol–water partition coefficient (Wildman–Crippen LogP) is 2.61. The van der Waals surface area contributed by atoms with E-state index in [-0.39, 0.29) is 11.7 Å². The SMILES string of the molecule is CS(=O)(=O)Cc1ccc(C(=O)N2CCN(c3ccc(C(F)(F)F)cn3)CC2)cc1. The molecule has 1 amide bonds. The molecule has 2 heterocycles. The van der Waals surface area contributed by atoms with Crippen LogP contribution >= 0.6 is 0 Å². The first-order chi connectivity index (χ1) is 13.5. The lowest BCUT2D eigenvalue weighted by molar-refractivity contribution is -0.137. The highest BCUT2D eigenvalue weighted by Crippen LogP contribution is 2.29. The molecule has 1 aliphatic rings. The molecule has 0 bridgehead atoms. The molecule has 29 heavy (non-hydrogen) atoms. The van der Waals surface area contributed by atoms with E-state index in [1.54, 1.807) is 29.2 Å². The third-order valence-electron chi connectivity index (χ3n) is 4.60. The fourth-order valence-electron chi connectivity index (χ4n) is 3.11. The number of alkyl halides is 3. The van der Waals surface area contributed by atoms with Gasteiger partial charge < -0.3 is 9.80 Å². The summed E-state index contributed by atoms with van der Waals surface area (Å²) in [7, 11) is -3.14. The summed E-state index contributed by atoms with van der Waals surface area (Å²) in [6.07, 6.45) is -2.46. The van der Waals surface area contributed by atoms with Crippen LogP contribution in [-0.4, -0.2) is 56.6 Å². The zero-order chi connectivity index (χ0) is 21.2. The molecule has 0 atom stereocenters. The van der Waals surface area contributed by atoms with Crippen LogP contribution in [0, 0.1) is 0 Å². The summed E-state index contributed by atoms with van der Waals surface area (Å²) in [5.41, 5.74) is 0.278. The van der Waals surface area contributed by atoms with E-state index in [0.29, 0.717) is 43.1 Å². The maximum atomic E-state index is 12.6. The lowest BCUT2D eigenvalue weighted by atomic mass is 10.1. The molecular formula is C19H20F3N3O3S. The molecule has 1 aliphatic heterocycles. The van der Waals surface area contributed by atoms with Gasteiger partial charge in [0.1, 0.15) is 5.82 Å². The first kappa shape index (κ1) is 21.1. The van der Waals surface area contributed by atoms with Crippen molar-refractivity contribution in [3.05, 3.63) is 59.3 Å². The molecule has 1 aromatic heterocycles. The number of sulfone groups is 1. The molecule has 1 aromatic carbocycles. The summed E-state index contributed by atoms with van der Waals surface area (Å²) in [6, 6.07) is 8.78. The number of piperazine rings is 1. The monoisotopic (exact) mass is 427 g/mol. The number of rotatable bonds is 4. The molecule has 0 radical (unpaired) electrons. The second-order valence-electron chi connectivity index (χ2n) is 6.95. The topological polar surface area (TPSA) is 70.6 Å². The van der Waals surface area contributed by atoms with Crippen molar-refractivity contribution in [2.45, 2.75) is 11.9 Å². The average Bonchev–Trinajstić information content (AvgIpc) is 2.66. The molecule has 0 unspecified atom stereocenters. The smallest absolute Gasteiger partial charge is 0.353 e. The number of aromatic nitrogens is 1. The van der Waals surface area contributed by atoms with Gasteiger partial charge in [-0.3, -0.25) is 4.79 Å². The molecule has 0 spiro atoms. The molecule has 0 aliphatic carbocycles. The van der Waals surface area contributed by atoms with E-state index < -0.39 is 21.6 Å². The van der Waals surface area contributed by atoms with Gasteiger partial charge in [-0.15, -0.1) is 0 Å². The molecule has 3 rings (SSSR count). The molecule has 2 aromatic rings. The molecule has 10 heteroatoms. The quantitative estimate of drug-likeness (QED) is 0.750. The minimum atomic E-state index is -4.42. The van der Waals surface area contributed by atoms with Crippen LogP contribution in [0.2, 0.25) is 0 Å². The van der Waals surface area contributed by atoms with Crippen molar-refractivity contribution in [3.8, 4) is 0 Å². The molecular weight excluding hydrogens is 407 g/mol. The molecule has 1 fully saturated rings. The van der Waals surface area contributed by atoms with Crippen LogP contribution in [-0.2, 0) is 21.8 Å². The van der Waals surface area contributed by atoms with Crippen LogP contribution < -0.4 is 4.90 Å².